The van der Waals surface area contributed by atoms with E-state index in [4.69, 9.17) is 14.5 Å². The summed E-state index contributed by atoms with van der Waals surface area (Å²) in [6.07, 6.45) is 3.74. The second-order valence-electron chi connectivity index (χ2n) is 5.80. The summed E-state index contributed by atoms with van der Waals surface area (Å²) in [4.78, 5) is 4.74. The Bertz CT molecular complexity index is 1060. The number of methoxy groups -OCH3 is 2. The molecule has 4 aromatic rings. The second-order valence-corrected chi connectivity index (χ2v) is 6.58. The smallest absolute Gasteiger partial charge is 0.165 e. The van der Waals surface area contributed by atoms with Gasteiger partial charge in [-0.15, -0.1) is 0 Å². The van der Waals surface area contributed by atoms with E-state index in [0.717, 1.165) is 39.6 Å². The largest absolute Gasteiger partial charge is 0.493 e. The molecular formula is C21H26N4O2S. The van der Waals surface area contributed by atoms with E-state index in [1.54, 1.807) is 30.1 Å². The molecule has 0 unspecified atom stereocenters. The molecule has 0 aliphatic heterocycles. The molecule has 1 aromatic carbocycles. The average molecular weight is 399 g/mol. The van der Waals surface area contributed by atoms with Crippen molar-refractivity contribution >= 4 is 28.5 Å². The van der Waals surface area contributed by atoms with Crippen molar-refractivity contribution in [1.29, 1.82) is 0 Å². The number of anilines is 2. The number of thiophene rings is 1. The summed E-state index contributed by atoms with van der Waals surface area (Å²) in [5.74, 6) is 2.15. The molecule has 0 spiro atoms. The Morgan fingerprint density at radius 1 is 1.14 bits per heavy atom. The number of aryl methyl sites for hydroxylation is 1. The highest BCUT2D eigenvalue weighted by atomic mass is 32.1. The zero-order valence-corrected chi connectivity index (χ0v) is 17.5. The van der Waals surface area contributed by atoms with Crippen LogP contribution in [0.25, 0.3) is 16.8 Å². The molecule has 3 heterocycles. The van der Waals surface area contributed by atoms with Crippen LogP contribution in [0.4, 0.5) is 11.5 Å². The van der Waals surface area contributed by atoms with Gasteiger partial charge < -0.3 is 14.8 Å². The maximum atomic E-state index is 5.42. The van der Waals surface area contributed by atoms with Crippen LogP contribution in [-0.4, -0.2) is 28.8 Å². The molecule has 0 saturated carbocycles. The van der Waals surface area contributed by atoms with Gasteiger partial charge in [-0.2, -0.15) is 16.4 Å². The van der Waals surface area contributed by atoms with Crippen molar-refractivity contribution in [3.8, 4) is 22.6 Å². The molecule has 0 amide bonds. The molecule has 1 N–H and O–H groups in total. The maximum absolute atomic E-state index is 5.42. The van der Waals surface area contributed by atoms with Crippen LogP contribution in [0.5, 0.6) is 11.5 Å². The fourth-order valence-corrected chi connectivity index (χ4v) is 3.59. The average Bonchev–Trinajstić information content (AvgIpc) is 3.38. The van der Waals surface area contributed by atoms with Gasteiger partial charge in [-0.05, 0) is 47.0 Å². The van der Waals surface area contributed by atoms with Gasteiger partial charge in [0.25, 0.3) is 0 Å². The summed E-state index contributed by atoms with van der Waals surface area (Å²) in [6.45, 7) is 5.98. The lowest BCUT2D eigenvalue weighted by Crippen LogP contribution is -1.99. The van der Waals surface area contributed by atoms with Crippen LogP contribution in [0.3, 0.4) is 0 Å². The summed E-state index contributed by atoms with van der Waals surface area (Å²) in [5, 5.41) is 11.9. The monoisotopic (exact) mass is 398 g/mol. The number of aromatic nitrogens is 3. The van der Waals surface area contributed by atoms with Crippen molar-refractivity contribution in [3.63, 3.8) is 0 Å². The third kappa shape index (κ3) is 3.80. The van der Waals surface area contributed by atoms with Crippen LogP contribution in [0.2, 0.25) is 0 Å². The number of fused-ring (bicyclic) bond motifs is 1. The van der Waals surface area contributed by atoms with Crippen LogP contribution in [0, 0.1) is 6.92 Å². The van der Waals surface area contributed by atoms with Crippen molar-refractivity contribution < 1.29 is 10.9 Å². The van der Waals surface area contributed by atoms with Gasteiger partial charge in [0.15, 0.2) is 17.1 Å². The Morgan fingerprint density at radius 2 is 1.96 bits per heavy atom. The third-order valence-electron chi connectivity index (χ3n) is 4.14. The fraction of sp³-hybridized carbons (Fsp3) is 0.238. The number of nitrogens with zero attached hydrogens (tertiary/aromatic N) is 3. The highest BCUT2D eigenvalue weighted by Gasteiger charge is 2.12. The molecule has 0 aliphatic rings. The van der Waals surface area contributed by atoms with Crippen molar-refractivity contribution in [3.05, 3.63) is 53.0 Å². The fourth-order valence-electron chi connectivity index (χ4n) is 2.93. The molecular weight excluding hydrogens is 372 g/mol. The Morgan fingerprint density at radius 3 is 2.64 bits per heavy atom. The Labute approximate surface area is 170 Å². The van der Waals surface area contributed by atoms with E-state index >= 15 is 0 Å². The van der Waals surface area contributed by atoms with Gasteiger partial charge in [0.05, 0.1) is 20.4 Å². The highest BCUT2D eigenvalue weighted by molar-refractivity contribution is 7.08. The molecule has 4 rings (SSSR count). The minimum Gasteiger partial charge on any atom is -0.493 e. The van der Waals surface area contributed by atoms with Crippen LogP contribution in [0.1, 0.15) is 20.8 Å². The van der Waals surface area contributed by atoms with Crippen LogP contribution in [0.15, 0.2) is 47.4 Å². The molecule has 3 aromatic heterocycles. The number of nitrogens with one attached hydrogen (secondary N) is 1. The van der Waals surface area contributed by atoms with Gasteiger partial charge in [0.2, 0.25) is 0 Å². The SMILES string of the molecule is CC.COc1cc(Nc2ccn3ncc(-c4ccsc4)c3n2)cc(C)c1OC.[HH]. The summed E-state index contributed by atoms with van der Waals surface area (Å²) < 4.78 is 12.6. The van der Waals surface area contributed by atoms with Crippen molar-refractivity contribution in [2.75, 3.05) is 19.5 Å². The van der Waals surface area contributed by atoms with E-state index in [1.165, 1.54) is 0 Å². The third-order valence-corrected chi connectivity index (χ3v) is 4.82. The Balaban J connectivity index is 0.000000970. The number of ether oxygens (including phenoxy) is 2. The maximum Gasteiger partial charge on any atom is 0.165 e. The zero-order chi connectivity index (χ0) is 20.1. The first-order valence-corrected chi connectivity index (χ1v) is 10.0. The minimum atomic E-state index is 0. The lowest BCUT2D eigenvalue weighted by Gasteiger charge is -2.14. The molecule has 0 radical (unpaired) electrons. The van der Waals surface area contributed by atoms with Gasteiger partial charge in [-0.3, -0.25) is 0 Å². The predicted molar refractivity (Wildman–Crippen MR) is 117 cm³/mol. The molecule has 0 atom stereocenters. The first-order valence-electron chi connectivity index (χ1n) is 9.06. The molecule has 7 heteroatoms. The van der Waals surface area contributed by atoms with E-state index in [-0.39, 0.29) is 1.43 Å². The van der Waals surface area contributed by atoms with Crippen molar-refractivity contribution in [2.45, 2.75) is 20.8 Å². The van der Waals surface area contributed by atoms with E-state index < -0.39 is 0 Å². The summed E-state index contributed by atoms with van der Waals surface area (Å²) in [7, 11) is 3.27. The highest BCUT2D eigenvalue weighted by Crippen LogP contribution is 2.35. The zero-order valence-electron chi connectivity index (χ0n) is 16.7. The van der Waals surface area contributed by atoms with E-state index in [2.05, 4.69) is 21.9 Å². The first-order chi connectivity index (χ1) is 13.7. The molecule has 6 nitrogen and oxygen atoms in total. The summed E-state index contributed by atoms with van der Waals surface area (Å²) in [5.41, 5.74) is 4.81. The molecule has 0 saturated heterocycles. The lowest BCUT2D eigenvalue weighted by atomic mass is 10.1. The summed E-state index contributed by atoms with van der Waals surface area (Å²) >= 11 is 1.66. The van der Waals surface area contributed by atoms with Gasteiger partial charge in [-0.25, -0.2) is 9.50 Å². The topological polar surface area (TPSA) is 60.7 Å². The van der Waals surface area contributed by atoms with Crippen LogP contribution < -0.4 is 14.8 Å². The lowest BCUT2D eigenvalue weighted by molar-refractivity contribution is 0.353. The number of rotatable bonds is 5. The van der Waals surface area contributed by atoms with Crippen LogP contribution in [-0.2, 0) is 0 Å². The van der Waals surface area contributed by atoms with Crippen molar-refractivity contribution in [1.82, 2.24) is 14.6 Å². The Hall–Kier alpha value is -3.06. The van der Waals surface area contributed by atoms with Gasteiger partial charge in [-0.1, -0.05) is 13.8 Å². The van der Waals surface area contributed by atoms with Crippen LogP contribution >= 0.6 is 11.3 Å². The Kier molecular flexibility index (Phi) is 6.16. The molecule has 0 aliphatic carbocycles. The standard InChI is InChI=1S/C19H18N4O2S.C2H6.H2/c1-12-8-14(9-16(24-2)18(12)25-3)21-17-4-6-23-19(22-17)15(10-20-23)13-5-7-26-11-13;1-2;/h4-11H,1-3H3,(H,21,22);1-2H3;1H. The van der Waals surface area contributed by atoms with Gasteiger partial charge >= 0.3 is 0 Å². The molecule has 0 fully saturated rings. The van der Waals surface area contributed by atoms with E-state index in [0.29, 0.717) is 5.75 Å². The molecule has 148 valence electrons. The molecule has 28 heavy (non-hydrogen) atoms. The number of benzene rings is 1. The second kappa shape index (κ2) is 8.75. The molecule has 0 bridgehead atoms. The van der Waals surface area contributed by atoms with Gasteiger partial charge in [0, 0.05) is 24.9 Å². The van der Waals surface area contributed by atoms with E-state index in [1.807, 2.05) is 56.7 Å². The van der Waals surface area contributed by atoms with Gasteiger partial charge in [0.1, 0.15) is 5.82 Å². The quantitative estimate of drug-likeness (QED) is 0.460. The number of hydrogen-bond donors (Lipinski definition) is 1. The predicted octanol–water partition coefficient (Wildman–Crippen LogP) is 5.80. The summed E-state index contributed by atoms with van der Waals surface area (Å²) in [6, 6.07) is 7.86. The first kappa shape index (κ1) is 19.7. The van der Waals surface area contributed by atoms with E-state index in [9.17, 15) is 0 Å². The normalized spacial score (nSPS) is 10.3. The number of hydrogen-bond acceptors (Lipinski definition) is 6. The van der Waals surface area contributed by atoms with Crippen molar-refractivity contribution in [2.24, 2.45) is 0 Å². The minimum absolute atomic E-state index is 0.